The molecule has 1 aliphatic rings. The van der Waals surface area contributed by atoms with E-state index in [4.69, 9.17) is 9.47 Å². The zero-order chi connectivity index (χ0) is 23.0. The van der Waals surface area contributed by atoms with Crippen LogP contribution in [0.2, 0.25) is 0 Å². The summed E-state index contributed by atoms with van der Waals surface area (Å²) in [6.45, 7) is 1.71. The van der Waals surface area contributed by atoms with E-state index in [1.165, 1.54) is 55.6 Å². The minimum Gasteiger partial charge on any atom is -0.497 e. The molecule has 2 atom stereocenters. The predicted molar refractivity (Wildman–Crippen MR) is 104 cm³/mol. The van der Waals surface area contributed by atoms with Crippen LogP contribution in [0.1, 0.15) is 17.0 Å². The van der Waals surface area contributed by atoms with Crippen LogP contribution < -0.4 is 4.74 Å². The van der Waals surface area contributed by atoms with Crippen LogP contribution in [0, 0.1) is 6.92 Å². The summed E-state index contributed by atoms with van der Waals surface area (Å²) in [6.07, 6.45) is -6.98. The number of carbonyl (C=O) groups is 1. The Bertz CT molecular complexity index is 1100. The van der Waals surface area contributed by atoms with Gasteiger partial charge in [0.2, 0.25) is 21.7 Å². The number of allylic oxidation sites excluding steroid dienone is 1. The molecule has 0 aliphatic carbocycles. The highest BCUT2D eigenvalue weighted by molar-refractivity contribution is 7.95. The smallest absolute Gasteiger partial charge is 0.450 e. The molecule has 10 heteroatoms. The molecule has 2 aromatic rings. The van der Waals surface area contributed by atoms with Gasteiger partial charge in [-0.1, -0.05) is 29.8 Å². The fourth-order valence-corrected chi connectivity index (χ4v) is 5.06. The molecule has 3 rings (SSSR count). The summed E-state index contributed by atoms with van der Waals surface area (Å²) >= 11 is 0. The van der Waals surface area contributed by atoms with Crippen LogP contribution in [0.4, 0.5) is 13.2 Å². The molecule has 6 nitrogen and oxygen atoms in total. The molecule has 0 fully saturated rings. The Morgan fingerprint density at radius 2 is 1.58 bits per heavy atom. The van der Waals surface area contributed by atoms with Gasteiger partial charge in [-0.25, -0.2) is 13.2 Å². The molecule has 0 saturated heterocycles. The first-order valence-corrected chi connectivity index (χ1v) is 10.5. The largest absolute Gasteiger partial charge is 0.497 e. The number of esters is 1. The number of halogens is 3. The summed E-state index contributed by atoms with van der Waals surface area (Å²) in [7, 11) is -2.29. The van der Waals surface area contributed by atoms with Crippen molar-refractivity contribution in [1.82, 2.24) is 0 Å². The zero-order valence-corrected chi connectivity index (χ0v) is 17.6. The first kappa shape index (κ1) is 22.7. The number of alkyl halides is 3. The van der Waals surface area contributed by atoms with E-state index in [1.54, 1.807) is 6.92 Å². The third-order valence-corrected chi connectivity index (χ3v) is 6.75. The topological polar surface area (TPSA) is 78.9 Å². The lowest BCUT2D eigenvalue weighted by atomic mass is 9.93. The lowest BCUT2D eigenvalue weighted by Crippen LogP contribution is -2.30. The summed E-state index contributed by atoms with van der Waals surface area (Å²) in [5, 5.41) is 0. The molecule has 2 aromatic carbocycles. The molecule has 0 unspecified atom stereocenters. The molecule has 31 heavy (non-hydrogen) atoms. The van der Waals surface area contributed by atoms with Crippen molar-refractivity contribution in [3.63, 3.8) is 0 Å². The van der Waals surface area contributed by atoms with Crippen LogP contribution in [0.25, 0.3) is 0 Å². The van der Waals surface area contributed by atoms with Gasteiger partial charge in [-0.3, -0.25) is 0 Å². The molecule has 0 N–H and O–H groups in total. The minimum absolute atomic E-state index is 0.126. The van der Waals surface area contributed by atoms with Gasteiger partial charge in [0, 0.05) is 0 Å². The van der Waals surface area contributed by atoms with Crippen LogP contribution in [-0.2, 0) is 24.1 Å². The van der Waals surface area contributed by atoms with Crippen LogP contribution in [0.5, 0.6) is 5.75 Å². The molecular formula is C21H19F3O6S. The number of methoxy groups -OCH3 is 2. The number of hydrogen-bond acceptors (Lipinski definition) is 6. The number of carbonyl (C=O) groups excluding carboxylic acids is 1. The average molecular weight is 456 g/mol. The maximum atomic E-state index is 13.9. The van der Waals surface area contributed by atoms with Crippen molar-refractivity contribution in [2.24, 2.45) is 0 Å². The molecule has 0 bridgehead atoms. The van der Waals surface area contributed by atoms with Crippen molar-refractivity contribution in [2.45, 2.75) is 30.0 Å². The third-order valence-electron chi connectivity index (χ3n) is 4.84. The number of hydrogen-bond donors (Lipinski definition) is 0. The number of benzene rings is 2. The normalized spacial score (nSPS) is 19.2. The number of rotatable bonds is 5. The van der Waals surface area contributed by atoms with Gasteiger partial charge in [-0.15, -0.1) is 0 Å². The Labute approximate surface area is 177 Å². The molecule has 0 spiro atoms. The van der Waals surface area contributed by atoms with Gasteiger partial charge in [-0.2, -0.15) is 13.2 Å². The Morgan fingerprint density at radius 1 is 1.00 bits per heavy atom. The van der Waals surface area contributed by atoms with E-state index in [0.29, 0.717) is 5.75 Å². The second-order valence-corrected chi connectivity index (χ2v) is 8.74. The number of aryl methyl sites for hydroxylation is 1. The summed E-state index contributed by atoms with van der Waals surface area (Å²) in [5.74, 6) is -4.03. The molecule has 0 radical (unpaired) electrons. The Morgan fingerprint density at radius 3 is 2.06 bits per heavy atom. The van der Waals surface area contributed by atoms with Gasteiger partial charge in [0.15, 0.2) is 0 Å². The molecular weight excluding hydrogens is 437 g/mol. The van der Waals surface area contributed by atoms with Crippen molar-refractivity contribution < 1.29 is 40.6 Å². The molecule has 0 saturated carbocycles. The van der Waals surface area contributed by atoms with Crippen LogP contribution in [0.15, 0.2) is 64.1 Å². The van der Waals surface area contributed by atoms with Gasteiger partial charge in [0.1, 0.15) is 10.7 Å². The maximum absolute atomic E-state index is 13.9. The van der Waals surface area contributed by atoms with Crippen molar-refractivity contribution in [3.05, 3.63) is 70.3 Å². The van der Waals surface area contributed by atoms with E-state index < -0.39 is 44.7 Å². The maximum Gasteiger partial charge on any atom is 0.450 e. The van der Waals surface area contributed by atoms with E-state index in [1.807, 2.05) is 0 Å². The predicted octanol–water partition coefficient (Wildman–Crippen LogP) is 3.91. The summed E-state index contributed by atoms with van der Waals surface area (Å²) < 4.78 is 82.8. The highest BCUT2D eigenvalue weighted by Gasteiger charge is 2.56. The minimum atomic E-state index is -5.15. The monoisotopic (exact) mass is 456 g/mol. The fourth-order valence-electron chi connectivity index (χ4n) is 3.31. The van der Waals surface area contributed by atoms with Gasteiger partial charge in [0.05, 0.1) is 25.0 Å². The molecule has 1 aliphatic heterocycles. The SMILES string of the molecule is COC(=O)[C@@H]1OC(C(F)(F)F)=C(S(=O)(=O)c2ccc(C)cc2)[C@H]1c1ccc(OC)cc1. The summed E-state index contributed by atoms with van der Waals surface area (Å²) in [4.78, 5) is 10.9. The standard InChI is InChI=1S/C21H19F3O6S/c1-12-4-10-15(11-5-12)31(26,27)18-16(13-6-8-14(28-2)9-7-13)17(20(25)29-3)30-19(18)21(22,23)24/h4-11,16-17H,1-3H3/t16-,17+/m0/s1. The van der Waals surface area contributed by atoms with E-state index in [-0.39, 0.29) is 10.5 Å². The first-order valence-electron chi connectivity index (χ1n) is 9.02. The summed E-state index contributed by atoms with van der Waals surface area (Å²) in [5.41, 5.74) is 0.854. The van der Waals surface area contributed by atoms with Crippen molar-refractivity contribution in [2.75, 3.05) is 14.2 Å². The molecule has 1 heterocycles. The highest BCUT2D eigenvalue weighted by Crippen LogP contribution is 2.49. The van der Waals surface area contributed by atoms with Crippen LogP contribution in [-0.4, -0.2) is 40.9 Å². The molecule has 0 aromatic heterocycles. The van der Waals surface area contributed by atoms with Crippen LogP contribution in [0.3, 0.4) is 0 Å². The second-order valence-electron chi connectivity index (χ2n) is 6.82. The highest BCUT2D eigenvalue weighted by atomic mass is 32.2. The molecule has 0 amide bonds. The van der Waals surface area contributed by atoms with E-state index in [2.05, 4.69) is 4.74 Å². The van der Waals surface area contributed by atoms with Gasteiger partial charge in [0.25, 0.3) is 0 Å². The van der Waals surface area contributed by atoms with Crippen molar-refractivity contribution >= 4 is 15.8 Å². The van der Waals surface area contributed by atoms with Gasteiger partial charge in [-0.05, 0) is 36.8 Å². The second kappa shape index (κ2) is 8.26. The Kier molecular flexibility index (Phi) is 6.04. The Hall–Kier alpha value is -3.01. The third kappa shape index (κ3) is 4.25. The molecule has 166 valence electrons. The van der Waals surface area contributed by atoms with Crippen LogP contribution >= 0.6 is 0 Å². The van der Waals surface area contributed by atoms with E-state index in [0.717, 1.165) is 12.7 Å². The first-order chi connectivity index (χ1) is 14.5. The van der Waals surface area contributed by atoms with Gasteiger partial charge < -0.3 is 14.2 Å². The average Bonchev–Trinajstić information content (AvgIpc) is 3.15. The quantitative estimate of drug-likeness (QED) is 0.635. The Balaban J connectivity index is 2.28. The lowest BCUT2D eigenvalue weighted by Gasteiger charge is -2.20. The number of sulfone groups is 1. The van der Waals surface area contributed by atoms with Crippen molar-refractivity contribution in [3.8, 4) is 5.75 Å². The van der Waals surface area contributed by atoms with E-state index >= 15 is 0 Å². The van der Waals surface area contributed by atoms with Gasteiger partial charge >= 0.3 is 12.1 Å². The van der Waals surface area contributed by atoms with Crippen molar-refractivity contribution in [1.29, 1.82) is 0 Å². The summed E-state index contributed by atoms with van der Waals surface area (Å²) in [6, 6.07) is 11.0. The zero-order valence-electron chi connectivity index (χ0n) is 16.8. The fraction of sp³-hybridized carbons (Fsp3) is 0.286. The van der Waals surface area contributed by atoms with E-state index in [9.17, 15) is 26.4 Å². The lowest BCUT2D eigenvalue weighted by molar-refractivity contribution is -0.161. The number of ether oxygens (including phenoxy) is 3.